The van der Waals surface area contributed by atoms with Crippen LogP contribution in [0.3, 0.4) is 0 Å². The van der Waals surface area contributed by atoms with Gasteiger partial charge in [0.25, 0.3) is 5.91 Å². The molecule has 0 saturated carbocycles. The van der Waals surface area contributed by atoms with E-state index in [9.17, 15) is 9.59 Å². The fourth-order valence-electron chi connectivity index (χ4n) is 2.16. The van der Waals surface area contributed by atoms with E-state index in [-0.39, 0.29) is 10.9 Å². The fraction of sp³-hybridized carbons (Fsp3) is 0.294. The monoisotopic (exact) mass is 494 g/mol. The number of rotatable bonds is 8. The molecule has 26 heavy (non-hydrogen) atoms. The summed E-state index contributed by atoms with van der Waals surface area (Å²) in [7, 11) is 0. The van der Waals surface area contributed by atoms with Crippen molar-refractivity contribution in [2.45, 2.75) is 19.0 Å². The van der Waals surface area contributed by atoms with Crippen molar-refractivity contribution in [2.24, 2.45) is 0 Å². The van der Waals surface area contributed by atoms with E-state index in [0.29, 0.717) is 23.6 Å². The Bertz CT molecular complexity index is 786. The van der Waals surface area contributed by atoms with Gasteiger partial charge in [-0.15, -0.1) is 11.3 Å². The van der Waals surface area contributed by atoms with Crippen LogP contribution in [0.15, 0.2) is 34.1 Å². The predicted molar refractivity (Wildman–Crippen MR) is 115 cm³/mol. The lowest BCUT2D eigenvalue weighted by Gasteiger charge is -2.18. The first-order valence-electron chi connectivity index (χ1n) is 7.67. The van der Waals surface area contributed by atoms with Crippen molar-refractivity contribution < 1.29 is 9.59 Å². The lowest BCUT2D eigenvalue weighted by Crippen LogP contribution is -2.46. The minimum Gasteiger partial charge on any atom is -0.349 e. The molecular weight excluding hydrogens is 479 g/mol. The topological polar surface area (TPSA) is 58.2 Å². The summed E-state index contributed by atoms with van der Waals surface area (Å²) in [6.07, 6.45) is 2.48. The van der Waals surface area contributed by atoms with Crippen LogP contribution in [0.1, 0.15) is 21.7 Å². The maximum absolute atomic E-state index is 12.5. The van der Waals surface area contributed by atoms with Gasteiger partial charge in [0, 0.05) is 9.90 Å². The standard InChI is InChI=1S/C17H17BrCl2N2O2S2/c1-25-7-6-14(17(24)21-9-11-3-5-15(18)26-11)22-16(23)12-4-2-10(19)8-13(12)20/h2-5,8,14H,6-7,9H2,1H3,(H,21,24)(H,22,23). The Labute approximate surface area is 179 Å². The third kappa shape index (κ3) is 6.46. The summed E-state index contributed by atoms with van der Waals surface area (Å²) >= 11 is 18.5. The van der Waals surface area contributed by atoms with Crippen LogP contribution in [0.4, 0.5) is 0 Å². The molecule has 2 amide bonds. The zero-order valence-corrected chi connectivity index (χ0v) is 18.6. The van der Waals surface area contributed by atoms with E-state index in [1.807, 2.05) is 18.4 Å². The van der Waals surface area contributed by atoms with Crippen LogP contribution in [0.2, 0.25) is 10.0 Å². The Balaban J connectivity index is 2.02. The second-order valence-corrected chi connectivity index (χ2v) is 9.73. The molecule has 2 rings (SSSR count). The molecule has 1 atom stereocenters. The van der Waals surface area contributed by atoms with Gasteiger partial charge in [-0.3, -0.25) is 9.59 Å². The molecule has 0 radical (unpaired) electrons. The minimum atomic E-state index is -0.634. The Morgan fingerprint density at radius 1 is 1.27 bits per heavy atom. The van der Waals surface area contributed by atoms with E-state index in [2.05, 4.69) is 26.6 Å². The minimum absolute atomic E-state index is 0.220. The number of carbonyl (C=O) groups excluding carboxylic acids is 2. The molecule has 9 heteroatoms. The first kappa shape index (κ1) is 21.6. The van der Waals surface area contributed by atoms with Gasteiger partial charge in [-0.2, -0.15) is 11.8 Å². The molecule has 4 nitrogen and oxygen atoms in total. The van der Waals surface area contributed by atoms with E-state index in [1.54, 1.807) is 35.2 Å². The third-order valence-corrected chi connectivity index (χ3v) is 6.29. The number of benzene rings is 1. The maximum atomic E-state index is 12.5. The van der Waals surface area contributed by atoms with E-state index < -0.39 is 11.9 Å². The van der Waals surface area contributed by atoms with Gasteiger partial charge in [0.1, 0.15) is 6.04 Å². The lowest BCUT2D eigenvalue weighted by atomic mass is 10.1. The van der Waals surface area contributed by atoms with Crippen LogP contribution in [0, 0.1) is 0 Å². The summed E-state index contributed by atoms with van der Waals surface area (Å²) in [6, 6.07) is 7.88. The van der Waals surface area contributed by atoms with Gasteiger partial charge in [0.2, 0.25) is 5.91 Å². The smallest absolute Gasteiger partial charge is 0.253 e. The van der Waals surface area contributed by atoms with Crippen molar-refractivity contribution in [1.29, 1.82) is 0 Å². The normalized spacial score (nSPS) is 11.8. The average molecular weight is 496 g/mol. The highest BCUT2D eigenvalue weighted by atomic mass is 79.9. The third-order valence-electron chi connectivity index (χ3n) is 3.47. The number of hydrogen-bond donors (Lipinski definition) is 2. The molecule has 1 unspecified atom stereocenters. The van der Waals surface area contributed by atoms with E-state index in [4.69, 9.17) is 23.2 Å². The molecule has 1 aromatic carbocycles. The summed E-state index contributed by atoms with van der Waals surface area (Å²) in [4.78, 5) is 26.1. The first-order valence-corrected chi connectivity index (χ1v) is 11.4. The molecule has 0 spiro atoms. The number of thioether (sulfide) groups is 1. The molecule has 0 aliphatic carbocycles. The number of carbonyl (C=O) groups is 2. The molecule has 0 fully saturated rings. The quantitative estimate of drug-likeness (QED) is 0.542. The van der Waals surface area contributed by atoms with Crippen LogP contribution in [-0.4, -0.2) is 29.9 Å². The van der Waals surface area contributed by atoms with Gasteiger partial charge < -0.3 is 10.6 Å². The van der Waals surface area contributed by atoms with Crippen LogP contribution >= 0.6 is 62.2 Å². The van der Waals surface area contributed by atoms with E-state index in [0.717, 1.165) is 14.4 Å². The van der Waals surface area contributed by atoms with Crippen LogP contribution in [-0.2, 0) is 11.3 Å². The fourth-order valence-corrected chi connectivity index (χ4v) is 4.55. The van der Waals surface area contributed by atoms with Crippen molar-refractivity contribution in [3.63, 3.8) is 0 Å². The summed E-state index contributed by atoms with van der Waals surface area (Å²) in [5.41, 5.74) is 0.292. The molecule has 1 aromatic heterocycles. The number of thiophene rings is 1. The zero-order valence-electron chi connectivity index (χ0n) is 13.9. The molecule has 0 aliphatic heterocycles. The highest BCUT2D eigenvalue weighted by molar-refractivity contribution is 9.11. The Hall–Kier alpha value is -0.730. The summed E-state index contributed by atoms with van der Waals surface area (Å²) < 4.78 is 1.01. The Morgan fingerprint density at radius 2 is 2.04 bits per heavy atom. The Morgan fingerprint density at radius 3 is 2.65 bits per heavy atom. The van der Waals surface area contributed by atoms with Gasteiger partial charge in [0.05, 0.1) is 20.9 Å². The van der Waals surface area contributed by atoms with Crippen molar-refractivity contribution in [1.82, 2.24) is 10.6 Å². The summed E-state index contributed by atoms with van der Waals surface area (Å²) in [5.74, 6) is 0.130. The molecule has 2 aromatic rings. The second-order valence-electron chi connectivity index (χ2n) is 5.36. The molecule has 1 heterocycles. The number of hydrogen-bond acceptors (Lipinski definition) is 4. The van der Waals surface area contributed by atoms with Gasteiger partial charge in [-0.1, -0.05) is 23.2 Å². The first-order chi connectivity index (χ1) is 12.4. The summed E-state index contributed by atoms with van der Waals surface area (Å²) in [6.45, 7) is 0.419. The van der Waals surface area contributed by atoms with Crippen molar-refractivity contribution in [2.75, 3.05) is 12.0 Å². The van der Waals surface area contributed by atoms with Gasteiger partial charge in [-0.25, -0.2) is 0 Å². The summed E-state index contributed by atoms with van der Waals surface area (Å²) in [5, 5.41) is 6.35. The van der Waals surface area contributed by atoms with Gasteiger partial charge >= 0.3 is 0 Å². The van der Waals surface area contributed by atoms with Crippen molar-refractivity contribution >= 4 is 74.0 Å². The highest BCUT2D eigenvalue weighted by Crippen LogP contribution is 2.22. The molecule has 140 valence electrons. The predicted octanol–water partition coefficient (Wildman–Crippen LogP) is 4.99. The van der Waals surface area contributed by atoms with E-state index in [1.165, 1.54) is 6.07 Å². The van der Waals surface area contributed by atoms with Crippen LogP contribution in [0.25, 0.3) is 0 Å². The largest absolute Gasteiger partial charge is 0.349 e. The molecule has 0 bridgehead atoms. The molecule has 0 aliphatic rings. The van der Waals surface area contributed by atoms with Gasteiger partial charge in [0.15, 0.2) is 0 Å². The zero-order chi connectivity index (χ0) is 19.1. The molecule has 2 N–H and O–H groups in total. The lowest BCUT2D eigenvalue weighted by molar-refractivity contribution is -0.123. The highest BCUT2D eigenvalue weighted by Gasteiger charge is 2.22. The van der Waals surface area contributed by atoms with Crippen molar-refractivity contribution in [3.8, 4) is 0 Å². The average Bonchev–Trinajstić information content (AvgIpc) is 3.01. The second kappa shape index (κ2) is 10.6. The van der Waals surface area contributed by atoms with Crippen LogP contribution < -0.4 is 10.6 Å². The molecular formula is C17H17BrCl2N2O2S2. The van der Waals surface area contributed by atoms with Crippen LogP contribution in [0.5, 0.6) is 0 Å². The SMILES string of the molecule is CSCCC(NC(=O)c1ccc(Cl)cc1Cl)C(=O)NCc1ccc(Br)s1. The Kier molecular flexibility index (Phi) is 8.76. The van der Waals surface area contributed by atoms with Crippen molar-refractivity contribution in [3.05, 3.63) is 54.6 Å². The van der Waals surface area contributed by atoms with Gasteiger partial charge in [-0.05, 0) is 64.7 Å². The number of halogens is 3. The van der Waals surface area contributed by atoms with E-state index >= 15 is 0 Å². The maximum Gasteiger partial charge on any atom is 0.253 e. The number of nitrogens with one attached hydrogen (secondary N) is 2. The molecule has 0 saturated heterocycles. The number of amides is 2.